The Hall–Kier alpha value is -13.0. The number of hydrogen-bond donors (Lipinski definition) is 0. The maximum absolute atomic E-state index is 14.1. The van der Waals surface area contributed by atoms with Crippen LogP contribution in [0.4, 0.5) is 55.5 Å². The van der Waals surface area contributed by atoms with Crippen molar-refractivity contribution >= 4 is 99.3 Å². The summed E-state index contributed by atoms with van der Waals surface area (Å²) in [7, 11) is 0. The number of amides is 5. The van der Waals surface area contributed by atoms with Crippen LogP contribution in [0.1, 0.15) is 66.7 Å². The molecule has 1 fully saturated rings. The number of rotatable bonds is 15. The highest BCUT2D eigenvalue weighted by Crippen LogP contribution is 2.33. The van der Waals surface area contributed by atoms with Gasteiger partial charge in [0.15, 0.2) is 0 Å². The number of aromatic nitrogens is 15. The first kappa shape index (κ1) is 84.0. The highest BCUT2D eigenvalue weighted by molar-refractivity contribution is 6.34. The van der Waals surface area contributed by atoms with Crippen molar-refractivity contribution in [1.29, 1.82) is 0 Å². The van der Waals surface area contributed by atoms with Crippen molar-refractivity contribution in [1.82, 2.24) is 79.9 Å². The van der Waals surface area contributed by atoms with Crippen LogP contribution in [-0.2, 0) is 0 Å². The molecule has 15 rings (SSSR count). The lowest BCUT2D eigenvalue weighted by Gasteiger charge is -2.32. The van der Waals surface area contributed by atoms with Gasteiger partial charge < -0.3 is 4.90 Å². The molecule has 0 N–H and O–H groups in total. The Bertz CT molecular complexity index is 5590. The fraction of sp³-hybridized carbons (Fsp3) is 0.188. The number of hydrogen-bond acceptors (Lipinski definition) is 15. The van der Waals surface area contributed by atoms with E-state index in [9.17, 15) is 32.8 Å². The lowest BCUT2D eigenvalue weighted by molar-refractivity contribution is 0.158. The molecule has 0 bridgehead atoms. The van der Waals surface area contributed by atoms with E-state index in [0.717, 1.165) is 56.0 Å². The topological polar surface area (TPSA) is 255 Å². The Morgan fingerprint density at radius 1 is 0.353 bits per heavy atom. The molecule has 0 unspecified atom stereocenters. The molecule has 1 saturated carbocycles. The van der Waals surface area contributed by atoms with E-state index in [1.807, 2.05) is 159 Å². The van der Waals surface area contributed by atoms with Crippen molar-refractivity contribution in [3.63, 3.8) is 0 Å². The minimum Gasteiger partial charge on any atom is -0.320 e. The van der Waals surface area contributed by atoms with Gasteiger partial charge in [0.1, 0.15) is 40.1 Å². The van der Waals surface area contributed by atoms with E-state index in [1.165, 1.54) is 73.8 Å². The number of halogens is 6. The van der Waals surface area contributed by atoms with E-state index in [2.05, 4.69) is 51.6 Å². The van der Waals surface area contributed by atoms with Crippen LogP contribution in [-0.4, -0.2) is 149 Å². The summed E-state index contributed by atoms with van der Waals surface area (Å²) in [5.74, 6) is -0.953. The SMILES string of the molecule is CCN(C(=O)n1cc(-c2ccccc2)nn1)C1CCCCC1.CCN(C(=O)n1cc(-c2ccccc2Cl)nn1)c1ccccc1.CCN(C(=O)n1cc(-c2ccccc2Cl)nn1)c1ccccc1F.CCN(C(=O)n1nncc1-c1ccccc1Cl)c1ccccc1.CCN(C(=O)n1nncc1-c1ccccc1Cl)c1ccccc1F. The van der Waals surface area contributed by atoms with Crippen molar-refractivity contribution in [3.05, 3.63) is 299 Å². The second kappa shape index (κ2) is 41.2. The molecule has 0 radical (unpaired) electrons. The first-order valence-electron chi connectivity index (χ1n) is 37.3. The zero-order chi connectivity index (χ0) is 82.0. The Labute approximate surface area is 688 Å². The molecular weight excluding hydrogens is 1560 g/mol. The van der Waals surface area contributed by atoms with Gasteiger partial charge in [0.2, 0.25) is 0 Å². The third-order valence-corrected chi connectivity index (χ3v) is 19.7. The molecule has 31 heteroatoms. The molecule has 14 aromatic rings. The average Bonchev–Trinajstić information content (AvgIpc) is 1.60. The summed E-state index contributed by atoms with van der Waals surface area (Å²) in [4.78, 5) is 71.6. The van der Waals surface area contributed by atoms with E-state index in [4.69, 9.17) is 46.4 Å². The first-order valence-corrected chi connectivity index (χ1v) is 38.8. The number of benzene rings is 9. The Kier molecular flexibility index (Phi) is 29.8. The summed E-state index contributed by atoms with van der Waals surface area (Å²) in [6.07, 6.45) is 13.7. The summed E-state index contributed by atoms with van der Waals surface area (Å²) in [5, 5.41) is 41.6. The number of para-hydroxylation sites is 4. The van der Waals surface area contributed by atoms with Gasteiger partial charge >= 0.3 is 30.2 Å². The van der Waals surface area contributed by atoms with Crippen LogP contribution < -0.4 is 19.6 Å². The van der Waals surface area contributed by atoms with E-state index >= 15 is 0 Å². The van der Waals surface area contributed by atoms with Gasteiger partial charge in [-0.2, -0.15) is 23.4 Å². The predicted molar refractivity (Wildman–Crippen MR) is 448 cm³/mol. The van der Waals surface area contributed by atoms with Crippen LogP contribution in [0.15, 0.2) is 268 Å². The van der Waals surface area contributed by atoms with Crippen molar-refractivity contribution < 1.29 is 32.8 Å². The molecule has 0 spiro atoms. The third-order valence-electron chi connectivity index (χ3n) is 18.4. The fourth-order valence-corrected chi connectivity index (χ4v) is 13.6. The molecule has 592 valence electrons. The van der Waals surface area contributed by atoms with Gasteiger partial charge in [0.25, 0.3) is 0 Å². The average molecular weight is 1640 g/mol. The molecule has 5 heterocycles. The molecule has 5 amide bonds. The Balaban J connectivity index is 0.000000143. The molecule has 0 atom stereocenters. The lowest BCUT2D eigenvalue weighted by atomic mass is 9.94. The van der Waals surface area contributed by atoms with Gasteiger partial charge in [0, 0.05) is 78.0 Å². The van der Waals surface area contributed by atoms with Crippen LogP contribution in [0, 0.1) is 11.6 Å². The molecule has 9 aromatic carbocycles. The van der Waals surface area contributed by atoms with Crippen molar-refractivity contribution in [3.8, 4) is 56.3 Å². The largest absolute Gasteiger partial charge is 0.351 e. The summed E-state index contributed by atoms with van der Waals surface area (Å²) < 4.78 is 34.1. The predicted octanol–water partition coefficient (Wildman–Crippen LogP) is 20.2. The van der Waals surface area contributed by atoms with Crippen molar-refractivity contribution in [2.75, 3.05) is 52.3 Å². The van der Waals surface area contributed by atoms with Gasteiger partial charge in [-0.05, 0) is 120 Å². The molecule has 0 saturated heterocycles. The maximum atomic E-state index is 14.1. The molecule has 25 nitrogen and oxygen atoms in total. The van der Waals surface area contributed by atoms with Gasteiger partial charge in [-0.3, -0.25) is 19.6 Å². The highest BCUT2D eigenvalue weighted by atomic mass is 35.5. The first-order chi connectivity index (χ1) is 56.5. The summed E-state index contributed by atoms with van der Waals surface area (Å²) >= 11 is 24.7. The molecular formula is C85H80Cl4F2N20O5. The smallest absolute Gasteiger partial charge is 0.320 e. The van der Waals surface area contributed by atoms with Crippen LogP contribution in [0.3, 0.4) is 0 Å². The highest BCUT2D eigenvalue weighted by Gasteiger charge is 2.29. The standard InChI is InChI=1S/2C17H14ClFN4O.2C17H15ClN4O.C17H22N4O/c1-2-22(16-10-6-5-9-14(16)19)17(24)23-11-15(20-21-23)12-7-3-4-8-13(12)18;1-2-22(15-10-6-5-9-14(15)19)17(24)23-16(11-20-21-23)12-7-3-4-8-13(12)18;1-2-21(13-8-4-3-5-9-13)17(23)22-12-16(19-20-22)14-10-6-7-11-15(14)18;1-2-21(13-8-4-3-5-9-13)17(23)22-16(12-19-20-22)14-10-6-7-11-15(14)18;1-2-20(15-11-7-4-8-12-15)17(22)21-13-16(18-19-21)14-9-5-3-6-10-14/h2*3-11H,2H2,1H3;2*3-12H,2H2,1H3;3,5-6,9-10,13,15H,2,4,7-8,11-12H2,1H3. The number of anilines is 4. The van der Waals surface area contributed by atoms with Crippen LogP contribution in [0.2, 0.25) is 20.1 Å². The normalized spacial score (nSPS) is 11.5. The fourth-order valence-electron chi connectivity index (χ4n) is 12.6. The zero-order valence-electron chi connectivity index (χ0n) is 63.8. The van der Waals surface area contributed by atoms with Crippen molar-refractivity contribution in [2.24, 2.45) is 0 Å². The van der Waals surface area contributed by atoms with E-state index in [-0.39, 0.29) is 36.0 Å². The van der Waals surface area contributed by atoms with E-state index < -0.39 is 23.7 Å². The number of nitrogens with zero attached hydrogens (tertiary/aromatic N) is 20. The van der Waals surface area contributed by atoms with Gasteiger partial charge in [-0.25, -0.2) is 32.8 Å². The maximum Gasteiger partial charge on any atom is 0.351 e. The van der Waals surface area contributed by atoms with Gasteiger partial charge in [0.05, 0.1) is 62.4 Å². The molecule has 0 aliphatic heterocycles. The number of carbonyl (C=O) groups excluding carboxylic acids is 5. The van der Waals surface area contributed by atoms with Crippen LogP contribution in [0.5, 0.6) is 0 Å². The van der Waals surface area contributed by atoms with Gasteiger partial charge in [-0.1, -0.05) is 256 Å². The lowest BCUT2D eigenvalue weighted by Crippen LogP contribution is -2.43. The quantitative estimate of drug-likeness (QED) is 0.0924. The summed E-state index contributed by atoms with van der Waals surface area (Å²) in [6, 6.07) is 68.5. The minimum atomic E-state index is -0.505. The molecule has 116 heavy (non-hydrogen) atoms. The second-order valence-corrected chi connectivity index (χ2v) is 27.2. The third kappa shape index (κ3) is 20.5. The molecule has 1 aliphatic carbocycles. The number of carbonyl (C=O) groups is 5. The van der Waals surface area contributed by atoms with Crippen LogP contribution >= 0.6 is 46.4 Å². The second-order valence-electron chi connectivity index (χ2n) is 25.5. The summed E-state index contributed by atoms with van der Waals surface area (Å²) in [6.45, 7) is 11.7. The molecule has 5 aromatic heterocycles. The van der Waals surface area contributed by atoms with E-state index in [0.29, 0.717) is 86.2 Å². The summed E-state index contributed by atoms with van der Waals surface area (Å²) in [5.41, 5.74) is 8.51. The van der Waals surface area contributed by atoms with Gasteiger partial charge in [-0.15, -0.1) is 25.5 Å². The zero-order valence-corrected chi connectivity index (χ0v) is 66.8. The monoisotopic (exact) mass is 1640 g/mol. The Morgan fingerprint density at radius 3 is 1.09 bits per heavy atom. The minimum absolute atomic E-state index is 0.0657. The van der Waals surface area contributed by atoms with E-state index in [1.54, 1.807) is 127 Å². The Morgan fingerprint density at radius 2 is 0.681 bits per heavy atom. The van der Waals surface area contributed by atoms with Crippen molar-refractivity contribution in [2.45, 2.75) is 72.8 Å². The van der Waals surface area contributed by atoms with Crippen LogP contribution in [0.25, 0.3) is 56.3 Å². The molecule has 1 aliphatic rings.